The predicted octanol–water partition coefficient (Wildman–Crippen LogP) is 3.27. The summed E-state index contributed by atoms with van der Waals surface area (Å²) in [6, 6.07) is 13.3. The maximum Gasteiger partial charge on any atom is 0.288 e. The molecular weight excluding hydrogens is 300 g/mol. The fraction of sp³-hybridized carbons (Fsp3) is 0.211. The number of pyridine rings is 2. The number of aryl methyl sites for hydroxylation is 1. The van der Waals surface area contributed by atoms with Gasteiger partial charge in [0.15, 0.2) is 0 Å². The molecule has 0 fully saturated rings. The van der Waals surface area contributed by atoms with Gasteiger partial charge in [-0.25, -0.2) is 0 Å². The number of nitrogens with zero attached hydrogens (tertiary/aromatic N) is 2. The summed E-state index contributed by atoms with van der Waals surface area (Å²) in [6.45, 7) is 0. The average Bonchev–Trinajstić information content (AvgIpc) is 2.65. The zero-order chi connectivity index (χ0) is 16.4. The van der Waals surface area contributed by atoms with Gasteiger partial charge in [0, 0.05) is 17.3 Å². The maximum atomic E-state index is 12.3. The molecule has 120 valence electrons. The molecule has 0 spiro atoms. The summed E-state index contributed by atoms with van der Waals surface area (Å²) in [7, 11) is 0. The van der Waals surface area contributed by atoms with Crippen molar-refractivity contribution in [2.45, 2.75) is 25.7 Å². The Morgan fingerprint density at radius 1 is 1.00 bits per heavy atom. The summed E-state index contributed by atoms with van der Waals surface area (Å²) in [6.07, 6.45) is 5.89. The van der Waals surface area contributed by atoms with Crippen LogP contribution in [0.1, 0.15) is 34.6 Å². The van der Waals surface area contributed by atoms with Crippen molar-refractivity contribution in [2.75, 3.05) is 5.43 Å². The van der Waals surface area contributed by atoms with Crippen LogP contribution in [0.5, 0.6) is 0 Å². The minimum Gasteiger partial charge on any atom is -0.297 e. The molecule has 2 heterocycles. The molecule has 1 aromatic carbocycles. The molecule has 0 saturated carbocycles. The molecule has 2 N–H and O–H groups in total. The summed E-state index contributed by atoms with van der Waals surface area (Å²) in [5.74, 6) is -0.249. The second-order valence-electron chi connectivity index (χ2n) is 5.93. The molecule has 1 amide bonds. The van der Waals surface area contributed by atoms with E-state index in [1.54, 1.807) is 24.4 Å². The Morgan fingerprint density at radius 2 is 1.83 bits per heavy atom. The van der Waals surface area contributed by atoms with Crippen molar-refractivity contribution in [3.8, 4) is 0 Å². The molecule has 1 aliphatic carbocycles. The fourth-order valence-electron chi connectivity index (χ4n) is 3.20. The van der Waals surface area contributed by atoms with Gasteiger partial charge in [-0.2, -0.15) is 0 Å². The lowest BCUT2D eigenvalue weighted by molar-refractivity contribution is 0.0958. The summed E-state index contributed by atoms with van der Waals surface area (Å²) < 4.78 is 0. The Bertz CT molecular complexity index is 893. The van der Waals surface area contributed by atoms with Crippen molar-refractivity contribution >= 4 is 22.5 Å². The molecule has 24 heavy (non-hydrogen) atoms. The van der Waals surface area contributed by atoms with Gasteiger partial charge in [-0.15, -0.1) is 0 Å². The van der Waals surface area contributed by atoms with Crippen molar-refractivity contribution in [3.63, 3.8) is 0 Å². The highest BCUT2D eigenvalue weighted by Gasteiger charge is 2.18. The standard InChI is InChI=1S/C19H18N4O/c24-19(17-11-5-6-12-20-17)23-22-18-13-7-1-3-9-15(13)21-16-10-4-2-8-14(16)18/h1,3,5-7,9,11-12H,2,4,8,10H2,(H,21,22)(H,23,24). The second-order valence-corrected chi connectivity index (χ2v) is 5.93. The predicted molar refractivity (Wildman–Crippen MR) is 93.7 cm³/mol. The smallest absolute Gasteiger partial charge is 0.288 e. The van der Waals surface area contributed by atoms with Crippen LogP contribution in [-0.2, 0) is 12.8 Å². The molecule has 0 atom stereocenters. The van der Waals surface area contributed by atoms with E-state index in [4.69, 9.17) is 4.98 Å². The van der Waals surface area contributed by atoms with Gasteiger partial charge in [0.2, 0.25) is 0 Å². The molecule has 0 aliphatic heterocycles. The summed E-state index contributed by atoms with van der Waals surface area (Å²) in [5.41, 5.74) is 10.6. The van der Waals surface area contributed by atoms with E-state index in [0.29, 0.717) is 5.69 Å². The Labute approximate surface area is 140 Å². The lowest BCUT2D eigenvalue weighted by Crippen LogP contribution is -2.31. The summed E-state index contributed by atoms with van der Waals surface area (Å²) in [4.78, 5) is 21.1. The second kappa shape index (κ2) is 6.28. The molecule has 1 aliphatic rings. The van der Waals surface area contributed by atoms with Gasteiger partial charge in [-0.3, -0.25) is 25.6 Å². The van der Waals surface area contributed by atoms with Crippen molar-refractivity contribution in [1.29, 1.82) is 0 Å². The number of hydrogen-bond donors (Lipinski definition) is 2. The van der Waals surface area contributed by atoms with E-state index < -0.39 is 0 Å². The van der Waals surface area contributed by atoms with Crippen LogP contribution in [0.2, 0.25) is 0 Å². The van der Waals surface area contributed by atoms with Gasteiger partial charge in [-0.05, 0) is 49.4 Å². The normalized spacial score (nSPS) is 13.3. The molecule has 4 rings (SSSR count). The first-order chi connectivity index (χ1) is 11.8. The van der Waals surface area contributed by atoms with E-state index >= 15 is 0 Å². The Morgan fingerprint density at radius 3 is 2.71 bits per heavy atom. The molecule has 5 nitrogen and oxygen atoms in total. The molecular formula is C19H18N4O. The minimum atomic E-state index is -0.249. The Hall–Kier alpha value is -2.95. The first-order valence-electron chi connectivity index (χ1n) is 8.21. The van der Waals surface area contributed by atoms with Crippen molar-refractivity contribution in [2.24, 2.45) is 0 Å². The highest BCUT2D eigenvalue weighted by atomic mass is 16.2. The van der Waals surface area contributed by atoms with E-state index in [2.05, 4.69) is 15.8 Å². The van der Waals surface area contributed by atoms with Crippen molar-refractivity contribution < 1.29 is 4.79 Å². The van der Waals surface area contributed by atoms with Crippen LogP contribution in [-0.4, -0.2) is 15.9 Å². The zero-order valence-corrected chi connectivity index (χ0v) is 13.2. The van der Waals surface area contributed by atoms with Gasteiger partial charge in [0.05, 0.1) is 11.2 Å². The molecule has 0 saturated heterocycles. The van der Waals surface area contributed by atoms with E-state index in [-0.39, 0.29) is 5.91 Å². The molecule has 0 bridgehead atoms. The van der Waals surface area contributed by atoms with E-state index in [0.717, 1.165) is 48.0 Å². The number of benzene rings is 1. The number of rotatable bonds is 3. The third kappa shape index (κ3) is 2.69. The lowest BCUT2D eigenvalue weighted by Gasteiger charge is -2.21. The lowest BCUT2D eigenvalue weighted by atomic mass is 9.93. The highest BCUT2D eigenvalue weighted by molar-refractivity contribution is 5.97. The number of carbonyl (C=O) groups is 1. The number of aromatic nitrogens is 2. The van der Waals surface area contributed by atoms with Gasteiger partial charge in [0.25, 0.3) is 5.91 Å². The van der Waals surface area contributed by atoms with Crippen LogP contribution < -0.4 is 10.9 Å². The number of hydrogen-bond acceptors (Lipinski definition) is 4. The molecule has 2 aromatic heterocycles. The third-order valence-electron chi connectivity index (χ3n) is 4.37. The number of hydrazine groups is 1. The van der Waals surface area contributed by atoms with E-state index in [1.165, 1.54) is 5.56 Å². The topological polar surface area (TPSA) is 66.9 Å². The maximum absolute atomic E-state index is 12.3. The van der Waals surface area contributed by atoms with Gasteiger partial charge in [-0.1, -0.05) is 24.3 Å². The number of para-hydroxylation sites is 1. The number of amides is 1. The fourth-order valence-corrected chi connectivity index (χ4v) is 3.20. The quantitative estimate of drug-likeness (QED) is 0.727. The first kappa shape index (κ1) is 14.6. The SMILES string of the molecule is O=C(NNc1c2c(nc3ccccc13)CCCC2)c1ccccn1. The Balaban J connectivity index is 1.69. The van der Waals surface area contributed by atoms with E-state index in [1.807, 2.05) is 24.3 Å². The number of fused-ring (bicyclic) bond motifs is 2. The summed E-state index contributed by atoms with van der Waals surface area (Å²) >= 11 is 0. The third-order valence-corrected chi connectivity index (χ3v) is 4.37. The van der Waals surface area contributed by atoms with Crippen LogP contribution >= 0.6 is 0 Å². The van der Waals surface area contributed by atoms with Gasteiger partial charge < -0.3 is 0 Å². The van der Waals surface area contributed by atoms with E-state index in [9.17, 15) is 4.79 Å². The molecule has 5 heteroatoms. The van der Waals surface area contributed by atoms with Crippen LogP contribution in [0, 0.1) is 0 Å². The molecule has 0 unspecified atom stereocenters. The number of carbonyl (C=O) groups excluding carboxylic acids is 1. The van der Waals surface area contributed by atoms with Gasteiger partial charge >= 0.3 is 0 Å². The summed E-state index contributed by atoms with van der Waals surface area (Å²) in [5, 5.41) is 1.03. The van der Waals surface area contributed by atoms with Crippen molar-refractivity contribution in [1.82, 2.24) is 15.4 Å². The van der Waals surface area contributed by atoms with Gasteiger partial charge in [0.1, 0.15) is 5.69 Å². The van der Waals surface area contributed by atoms with Crippen LogP contribution in [0.15, 0.2) is 48.7 Å². The highest BCUT2D eigenvalue weighted by Crippen LogP contribution is 2.32. The molecule has 0 radical (unpaired) electrons. The first-order valence-corrected chi connectivity index (χ1v) is 8.21. The van der Waals surface area contributed by atoms with Crippen LogP contribution in [0.4, 0.5) is 5.69 Å². The van der Waals surface area contributed by atoms with Crippen molar-refractivity contribution in [3.05, 3.63) is 65.6 Å². The average molecular weight is 318 g/mol. The minimum absolute atomic E-state index is 0.249. The number of nitrogens with one attached hydrogen (secondary N) is 2. The largest absolute Gasteiger partial charge is 0.297 e. The zero-order valence-electron chi connectivity index (χ0n) is 13.2. The van der Waals surface area contributed by atoms with Crippen LogP contribution in [0.25, 0.3) is 10.9 Å². The Kier molecular flexibility index (Phi) is 3.83. The number of anilines is 1. The molecule has 3 aromatic rings. The van der Waals surface area contributed by atoms with Crippen LogP contribution in [0.3, 0.4) is 0 Å². The monoisotopic (exact) mass is 318 g/mol.